The Morgan fingerprint density at radius 3 is 2.88 bits per heavy atom. The van der Waals surface area contributed by atoms with Crippen LogP contribution in [0.3, 0.4) is 0 Å². The Bertz CT molecular complexity index is 333. The van der Waals surface area contributed by atoms with Crippen molar-refractivity contribution in [3.8, 4) is 0 Å². The van der Waals surface area contributed by atoms with Gasteiger partial charge in [-0.1, -0.05) is 25.4 Å². The summed E-state index contributed by atoms with van der Waals surface area (Å²) in [5, 5.41) is 12.6. The van der Waals surface area contributed by atoms with Crippen LogP contribution < -0.4 is 5.32 Å². The molecule has 0 aliphatic carbocycles. The fraction of sp³-hybridized carbons (Fsp3) is 0.636. The Morgan fingerprint density at radius 2 is 2.25 bits per heavy atom. The molecule has 0 spiro atoms. The molecule has 5 heteroatoms. The third kappa shape index (κ3) is 3.61. The summed E-state index contributed by atoms with van der Waals surface area (Å²) in [5.41, 5.74) is 0.945. The first-order valence-electron chi connectivity index (χ1n) is 5.53. The maximum absolute atomic E-state index is 8.80. The van der Waals surface area contributed by atoms with Crippen molar-refractivity contribution in [2.45, 2.75) is 26.7 Å². The van der Waals surface area contributed by atoms with Crippen molar-refractivity contribution in [3.63, 3.8) is 0 Å². The average Bonchev–Trinajstić information content (AvgIpc) is 2.27. The second kappa shape index (κ2) is 6.66. The van der Waals surface area contributed by atoms with Gasteiger partial charge in [0.1, 0.15) is 17.3 Å². The zero-order valence-electron chi connectivity index (χ0n) is 9.70. The molecule has 90 valence electrons. The van der Waals surface area contributed by atoms with Crippen LogP contribution in [-0.4, -0.2) is 28.2 Å². The van der Waals surface area contributed by atoms with Crippen molar-refractivity contribution >= 4 is 17.4 Å². The number of nitrogens with one attached hydrogen (secondary N) is 1. The van der Waals surface area contributed by atoms with Crippen LogP contribution in [0.25, 0.3) is 0 Å². The molecule has 1 unspecified atom stereocenters. The fourth-order valence-electron chi connectivity index (χ4n) is 1.45. The molecule has 1 atom stereocenters. The van der Waals surface area contributed by atoms with E-state index in [4.69, 9.17) is 16.7 Å². The molecule has 0 saturated heterocycles. The molecule has 0 radical (unpaired) electrons. The molecule has 1 rings (SSSR count). The average molecular weight is 244 g/mol. The zero-order chi connectivity index (χ0) is 12.0. The highest BCUT2D eigenvalue weighted by Gasteiger charge is 2.08. The third-order valence-corrected chi connectivity index (χ3v) is 2.81. The minimum atomic E-state index is 0.216. The summed E-state index contributed by atoms with van der Waals surface area (Å²) in [5.74, 6) is 1.20. The number of aromatic nitrogens is 2. The molecule has 0 amide bonds. The van der Waals surface area contributed by atoms with Gasteiger partial charge in [0.25, 0.3) is 0 Å². The maximum atomic E-state index is 8.80. The number of nitrogens with zero attached hydrogens (tertiary/aromatic N) is 2. The van der Waals surface area contributed by atoms with E-state index in [1.807, 2.05) is 6.92 Å². The van der Waals surface area contributed by atoms with Crippen LogP contribution in [-0.2, 0) is 6.42 Å². The molecule has 0 aromatic carbocycles. The lowest BCUT2D eigenvalue weighted by molar-refractivity contribution is 0.266. The number of aliphatic hydroxyl groups excluding tert-OH is 1. The molecular formula is C11H18ClN3O. The van der Waals surface area contributed by atoms with Crippen molar-refractivity contribution < 1.29 is 5.11 Å². The first-order chi connectivity index (χ1) is 7.69. The van der Waals surface area contributed by atoms with E-state index < -0.39 is 0 Å². The van der Waals surface area contributed by atoms with E-state index in [1.165, 1.54) is 6.33 Å². The summed E-state index contributed by atoms with van der Waals surface area (Å²) in [4.78, 5) is 8.12. The van der Waals surface area contributed by atoms with Gasteiger partial charge < -0.3 is 10.4 Å². The SMILES string of the molecule is CCc1c(Cl)ncnc1NCC(C)CCO. The van der Waals surface area contributed by atoms with Crippen molar-refractivity contribution in [1.82, 2.24) is 9.97 Å². The van der Waals surface area contributed by atoms with Crippen LogP contribution in [0.5, 0.6) is 0 Å². The molecule has 0 fully saturated rings. The fourth-order valence-corrected chi connectivity index (χ4v) is 1.72. The van der Waals surface area contributed by atoms with Crippen LogP contribution in [0.1, 0.15) is 25.8 Å². The van der Waals surface area contributed by atoms with Gasteiger partial charge >= 0.3 is 0 Å². The van der Waals surface area contributed by atoms with Gasteiger partial charge in [-0.05, 0) is 18.8 Å². The molecule has 16 heavy (non-hydrogen) atoms. The van der Waals surface area contributed by atoms with Crippen molar-refractivity contribution in [2.75, 3.05) is 18.5 Å². The van der Waals surface area contributed by atoms with Gasteiger partial charge in [-0.2, -0.15) is 0 Å². The lowest BCUT2D eigenvalue weighted by Gasteiger charge is -2.14. The van der Waals surface area contributed by atoms with E-state index >= 15 is 0 Å². The van der Waals surface area contributed by atoms with E-state index in [-0.39, 0.29) is 6.61 Å². The van der Waals surface area contributed by atoms with Crippen molar-refractivity contribution in [3.05, 3.63) is 17.0 Å². The minimum Gasteiger partial charge on any atom is -0.396 e. The smallest absolute Gasteiger partial charge is 0.137 e. The quantitative estimate of drug-likeness (QED) is 0.752. The Labute approximate surface area is 101 Å². The highest BCUT2D eigenvalue weighted by atomic mass is 35.5. The van der Waals surface area contributed by atoms with Crippen molar-refractivity contribution in [2.24, 2.45) is 5.92 Å². The van der Waals surface area contributed by atoms with Crippen LogP contribution in [0.4, 0.5) is 5.82 Å². The molecule has 0 bridgehead atoms. The largest absolute Gasteiger partial charge is 0.396 e. The standard InChI is InChI=1S/C11H18ClN3O/c1-3-9-10(12)14-7-15-11(9)13-6-8(2)4-5-16/h7-8,16H,3-6H2,1-2H3,(H,13,14,15). The Morgan fingerprint density at radius 1 is 1.50 bits per heavy atom. The van der Waals surface area contributed by atoms with Crippen LogP contribution in [0.15, 0.2) is 6.33 Å². The number of rotatable bonds is 6. The summed E-state index contributed by atoms with van der Waals surface area (Å²) in [6.45, 7) is 5.10. The first-order valence-corrected chi connectivity index (χ1v) is 5.90. The maximum Gasteiger partial charge on any atom is 0.137 e. The zero-order valence-corrected chi connectivity index (χ0v) is 10.5. The molecule has 0 aliphatic rings. The minimum absolute atomic E-state index is 0.216. The topological polar surface area (TPSA) is 58.0 Å². The molecule has 4 nitrogen and oxygen atoms in total. The van der Waals surface area contributed by atoms with Crippen LogP contribution >= 0.6 is 11.6 Å². The highest BCUT2D eigenvalue weighted by molar-refractivity contribution is 6.30. The van der Waals surface area contributed by atoms with Gasteiger partial charge in [0.05, 0.1) is 0 Å². The van der Waals surface area contributed by atoms with Gasteiger partial charge in [-0.25, -0.2) is 9.97 Å². The second-order valence-electron chi connectivity index (χ2n) is 3.84. The molecule has 1 aromatic heterocycles. The van der Waals surface area contributed by atoms with Gasteiger partial charge in [-0.15, -0.1) is 0 Å². The van der Waals surface area contributed by atoms with E-state index in [1.54, 1.807) is 0 Å². The number of aliphatic hydroxyl groups is 1. The van der Waals surface area contributed by atoms with E-state index in [0.29, 0.717) is 11.1 Å². The summed E-state index contributed by atoms with van der Waals surface area (Å²) in [6, 6.07) is 0. The number of hydrogen-bond donors (Lipinski definition) is 2. The Balaban J connectivity index is 2.63. The normalized spacial score (nSPS) is 12.5. The predicted octanol–water partition coefficient (Wildman–Crippen LogP) is 2.12. The van der Waals surface area contributed by atoms with Gasteiger partial charge in [0.2, 0.25) is 0 Å². The Kier molecular flexibility index (Phi) is 5.49. The summed E-state index contributed by atoms with van der Waals surface area (Å²) >= 11 is 5.97. The Hall–Kier alpha value is -0.870. The van der Waals surface area contributed by atoms with Crippen LogP contribution in [0.2, 0.25) is 5.15 Å². The van der Waals surface area contributed by atoms with Crippen LogP contribution in [0, 0.1) is 5.92 Å². The van der Waals surface area contributed by atoms with Gasteiger partial charge in [-0.3, -0.25) is 0 Å². The molecule has 1 heterocycles. The van der Waals surface area contributed by atoms with Gasteiger partial charge in [0.15, 0.2) is 0 Å². The number of hydrogen-bond acceptors (Lipinski definition) is 4. The second-order valence-corrected chi connectivity index (χ2v) is 4.20. The van der Waals surface area contributed by atoms with E-state index in [9.17, 15) is 0 Å². The molecule has 2 N–H and O–H groups in total. The lowest BCUT2D eigenvalue weighted by Crippen LogP contribution is -2.14. The number of halogens is 1. The molecule has 0 saturated carbocycles. The van der Waals surface area contributed by atoms with Crippen molar-refractivity contribution in [1.29, 1.82) is 0 Å². The monoisotopic (exact) mass is 243 g/mol. The summed E-state index contributed by atoms with van der Waals surface area (Å²) in [6.07, 6.45) is 3.05. The van der Waals surface area contributed by atoms with E-state index in [0.717, 1.165) is 30.8 Å². The predicted molar refractivity (Wildman–Crippen MR) is 65.8 cm³/mol. The molecular weight excluding hydrogens is 226 g/mol. The third-order valence-electron chi connectivity index (χ3n) is 2.49. The van der Waals surface area contributed by atoms with E-state index in [2.05, 4.69) is 22.2 Å². The summed E-state index contributed by atoms with van der Waals surface area (Å²) < 4.78 is 0. The molecule has 1 aromatic rings. The highest BCUT2D eigenvalue weighted by Crippen LogP contribution is 2.20. The number of anilines is 1. The molecule has 0 aliphatic heterocycles. The summed E-state index contributed by atoms with van der Waals surface area (Å²) in [7, 11) is 0. The lowest BCUT2D eigenvalue weighted by atomic mass is 10.1. The van der Waals surface area contributed by atoms with Gasteiger partial charge in [0, 0.05) is 18.7 Å². The first kappa shape index (κ1) is 13.2.